The molecule has 0 aromatic heterocycles. The number of nitrogens with zero attached hydrogens (tertiary/aromatic N) is 1. The fraction of sp³-hybridized carbons (Fsp3) is 0.364. The maximum Gasteiger partial charge on any atom is 0.223 e. The molecule has 0 spiro atoms. The van der Waals surface area contributed by atoms with Crippen molar-refractivity contribution in [2.75, 3.05) is 11.4 Å². The average Bonchev–Trinajstić information content (AvgIpc) is 2.62. The second-order valence-corrected chi connectivity index (χ2v) is 6.82. The van der Waals surface area contributed by atoms with Gasteiger partial charge in [0.05, 0.1) is 11.8 Å². The van der Waals surface area contributed by atoms with Crippen LogP contribution in [-0.2, 0) is 16.1 Å². The van der Waals surface area contributed by atoms with Crippen LogP contribution in [0.15, 0.2) is 48.5 Å². The molecular weight excluding hydrogens is 340 g/mol. The zero-order valence-electron chi connectivity index (χ0n) is 16.5. The summed E-state index contributed by atoms with van der Waals surface area (Å²) in [6.07, 6.45) is 0.222. The topological polar surface area (TPSA) is 58.6 Å². The van der Waals surface area contributed by atoms with E-state index in [0.29, 0.717) is 24.5 Å². The first kappa shape index (κ1) is 20.5. The summed E-state index contributed by atoms with van der Waals surface area (Å²) < 4.78 is 5.80. The molecule has 0 heterocycles. The number of hydrogen-bond acceptors (Lipinski definition) is 3. The molecule has 0 aliphatic heterocycles. The lowest BCUT2D eigenvalue weighted by molar-refractivity contribution is -0.121. The van der Waals surface area contributed by atoms with E-state index < -0.39 is 0 Å². The largest absolute Gasteiger partial charge is 0.489 e. The lowest BCUT2D eigenvalue weighted by Gasteiger charge is -2.24. The summed E-state index contributed by atoms with van der Waals surface area (Å²) in [5.74, 6) is 0.424. The minimum Gasteiger partial charge on any atom is -0.489 e. The number of carbonyl (C=O) groups is 2. The highest BCUT2D eigenvalue weighted by molar-refractivity contribution is 5.93. The maximum absolute atomic E-state index is 12.2. The molecule has 2 rings (SSSR count). The first-order valence-electron chi connectivity index (χ1n) is 9.23. The molecule has 0 unspecified atom stereocenters. The molecule has 0 fully saturated rings. The van der Waals surface area contributed by atoms with Crippen molar-refractivity contribution in [2.24, 2.45) is 0 Å². The molecule has 27 heavy (non-hydrogen) atoms. The number of benzene rings is 2. The average molecular weight is 368 g/mol. The van der Waals surface area contributed by atoms with Crippen molar-refractivity contribution in [1.82, 2.24) is 5.32 Å². The molecule has 0 aliphatic rings. The number of aryl methyl sites for hydroxylation is 1. The molecule has 5 nitrogen and oxygen atoms in total. The zero-order chi connectivity index (χ0) is 19.8. The van der Waals surface area contributed by atoms with E-state index in [1.165, 1.54) is 12.5 Å². The molecule has 0 saturated carbocycles. The maximum atomic E-state index is 12.2. The summed E-state index contributed by atoms with van der Waals surface area (Å²) in [6.45, 7) is 8.18. The molecule has 2 aromatic carbocycles. The van der Waals surface area contributed by atoms with Crippen molar-refractivity contribution < 1.29 is 14.3 Å². The van der Waals surface area contributed by atoms with Gasteiger partial charge in [-0.15, -0.1) is 0 Å². The van der Waals surface area contributed by atoms with E-state index in [-0.39, 0.29) is 24.3 Å². The number of hydrogen-bond donors (Lipinski definition) is 1. The third-order valence-corrected chi connectivity index (χ3v) is 4.07. The van der Waals surface area contributed by atoms with Gasteiger partial charge in [0.2, 0.25) is 11.8 Å². The van der Waals surface area contributed by atoms with Crippen molar-refractivity contribution >= 4 is 17.5 Å². The number of ether oxygens (including phenoxy) is 1. The van der Waals surface area contributed by atoms with Gasteiger partial charge in [0.15, 0.2) is 0 Å². The molecule has 1 N–H and O–H groups in total. The van der Waals surface area contributed by atoms with Crippen molar-refractivity contribution in [3.63, 3.8) is 0 Å². The highest BCUT2D eigenvalue weighted by Crippen LogP contribution is 2.29. The molecule has 2 amide bonds. The number of amides is 2. The van der Waals surface area contributed by atoms with Gasteiger partial charge < -0.3 is 15.0 Å². The van der Waals surface area contributed by atoms with E-state index in [1.807, 2.05) is 69.3 Å². The lowest BCUT2D eigenvalue weighted by atomic mass is 10.1. The molecule has 0 atom stereocenters. The summed E-state index contributed by atoms with van der Waals surface area (Å²) in [5, 5.41) is 2.90. The number of carbonyl (C=O) groups excluding carboxylic acids is 2. The van der Waals surface area contributed by atoms with Crippen LogP contribution in [0.4, 0.5) is 5.69 Å². The molecule has 0 saturated heterocycles. The third kappa shape index (κ3) is 6.44. The van der Waals surface area contributed by atoms with Gasteiger partial charge >= 0.3 is 0 Å². The van der Waals surface area contributed by atoms with E-state index >= 15 is 0 Å². The van der Waals surface area contributed by atoms with E-state index in [9.17, 15) is 9.59 Å². The van der Waals surface area contributed by atoms with Crippen molar-refractivity contribution in [1.29, 1.82) is 0 Å². The molecule has 2 aromatic rings. The van der Waals surface area contributed by atoms with Crippen LogP contribution < -0.4 is 15.0 Å². The van der Waals surface area contributed by atoms with Gasteiger partial charge in [0.1, 0.15) is 5.75 Å². The van der Waals surface area contributed by atoms with E-state index in [1.54, 1.807) is 4.90 Å². The van der Waals surface area contributed by atoms with Crippen LogP contribution in [-0.4, -0.2) is 24.5 Å². The highest BCUT2D eigenvalue weighted by Gasteiger charge is 2.18. The minimum atomic E-state index is -0.124. The number of rotatable bonds is 8. The van der Waals surface area contributed by atoms with Gasteiger partial charge in [-0.05, 0) is 38.5 Å². The van der Waals surface area contributed by atoms with E-state index in [0.717, 1.165) is 5.56 Å². The van der Waals surface area contributed by atoms with Crippen molar-refractivity contribution in [3.05, 3.63) is 59.7 Å². The Morgan fingerprint density at radius 3 is 2.37 bits per heavy atom. The van der Waals surface area contributed by atoms with Crippen LogP contribution in [0.3, 0.4) is 0 Å². The SMILES string of the molecule is CC(=O)N(CCC(=O)NCc1ccc(C)cc1)c1ccccc1OC(C)C. The predicted octanol–water partition coefficient (Wildman–Crippen LogP) is 3.84. The molecule has 0 aliphatic carbocycles. The minimum absolute atomic E-state index is 0.00207. The van der Waals surface area contributed by atoms with Crippen LogP contribution in [0.2, 0.25) is 0 Å². The predicted molar refractivity (Wildman–Crippen MR) is 108 cm³/mol. The Labute approximate surface area is 161 Å². The summed E-state index contributed by atoms with van der Waals surface area (Å²) in [4.78, 5) is 26.0. The number of para-hydroxylation sites is 2. The van der Waals surface area contributed by atoms with Crippen molar-refractivity contribution in [2.45, 2.75) is 46.8 Å². The molecule has 144 valence electrons. The van der Waals surface area contributed by atoms with Gasteiger partial charge in [0, 0.05) is 26.4 Å². The Hall–Kier alpha value is -2.82. The normalized spacial score (nSPS) is 10.6. The fourth-order valence-electron chi connectivity index (χ4n) is 2.69. The summed E-state index contributed by atoms with van der Waals surface area (Å²) in [6, 6.07) is 15.4. The van der Waals surface area contributed by atoms with Gasteiger partial charge in [-0.1, -0.05) is 42.0 Å². The van der Waals surface area contributed by atoms with E-state index in [4.69, 9.17) is 4.74 Å². The van der Waals surface area contributed by atoms with Crippen LogP contribution >= 0.6 is 0 Å². The second-order valence-electron chi connectivity index (χ2n) is 6.82. The van der Waals surface area contributed by atoms with Crippen LogP contribution in [0.25, 0.3) is 0 Å². The summed E-state index contributed by atoms with van der Waals surface area (Å²) in [5.41, 5.74) is 2.92. The monoisotopic (exact) mass is 368 g/mol. The van der Waals surface area contributed by atoms with Gasteiger partial charge in [-0.3, -0.25) is 9.59 Å². The number of nitrogens with one attached hydrogen (secondary N) is 1. The summed E-state index contributed by atoms with van der Waals surface area (Å²) >= 11 is 0. The Morgan fingerprint density at radius 2 is 1.74 bits per heavy atom. The first-order valence-corrected chi connectivity index (χ1v) is 9.23. The number of anilines is 1. The van der Waals surface area contributed by atoms with Crippen molar-refractivity contribution in [3.8, 4) is 5.75 Å². The van der Waals surface area contributed by atoms with Gasteiger partial charge in [-0.25, -0.2) is 0 Å². The Bertz CT molecular complexity index is 769. The summed E-state index contributed by atoms with van der Waals surface area (Å²) in [7, 11) is 0. The van der Waals surface area contributed by atoms with Crippen LogP contribution in [0, 0.1) is 6.92 Å². The zero-order valence-corrected chi connectivity index (χ0v) is 16.5. The molecule has 0 radical (unpaired) electrons. The van der Waals surface area contributed by atoms with Crippen LogP contribution in [0.1, 0.15) is 38.3 Å². The smallest absolute Gasteiger partial charge is 0.223 e. The Balaban J connectivity index is 1.97. The van der Waals surface area contributed by atoms with Gasteiger partial charge in [0.25, 0.3) is 0 Å². The molecular formula is C22H28N2O3. The highest BCUT2D eigenvalue weighted by atomic mass is 16.5. The lowest BCUT2D eigenvalue weighted by Crippen LogP contribution is -2.34. The Morgan fingerprint density at radius 1 is 1.07 bits per heavy atom. The molecule has 5 heteroatoms. The fourth-order valence-corrected chi connectivity index (χ4v) is 2.69. The van der Waals surface area contributed by atoms with E-state index in [2.05, 4.69) is 5.32 Å². The quantitative estimate of drug-likeness (QED) is 0.770. The van der Waals surface area contributed by atoms with Gasteiger partial charge in [-0.2, -0.15) is 0 Å². The molecule has 0 bridgehead atoms. The third-order valence-electron chi connectivity index (χ3n) is 4.07. The standard InChI is InChI=1S/C22H28N2O3/c1-16(2)27-21-8-6-5-7-20(21)24(18(4)25)14-13-22(26)23-15-19-11-9-17(3)10-12-19/h5-12,16H,13-15H2,1-4H3,(H,23,26). The first-order chi connectivity index (χ1) is 12.9. The second kappa shape index (κ2) is 9.76. The van der Waals surface area contributed by atoms with Crippen LogP contribution in [0.5, 0.6) is 5.75 Å². The Kier molecular flexibility index (Phi) is 7.41.